The summed E-state index contributed by atoms with van der Waals surface area (Å²) >= 11 is 5.58. The number of amidine groups is 1. The molecule has 0 bridgehead atoms. The largest absolute Gasteiger partial charge is 0.508 e. The number of aromatic amines is 1. The number of phenolic OH excluding ortho intramolecular Hbond substituents is 2. The Hall–Kier alpha value is -8.20. The topological polar surface area (TPSA) is 347 Å². The van der Waals surface area contributed by atoms with Crippen LogP contribution in [0.2, 0.25) is 0 Å². The number of nitrogen functional groups attached to an aromatic ring is 2. The van der Waals surface area contributed by atoms with Gasteiger partial charge in [-0.15, -0.1) is 5.53 Å². The van der Waals surface area contributed by atoms with E-state index in [4.69, 9.17) is 52.8 Å². The molecular weight excluding hydrogens is 1030 g/mol. The number of carboxylic acids is 1. The summed E-state index contributed by atoms with van der Waals surface area (Å²) in [6, 6.07) is 21.8. The quantitative estimate of drug-likeness (QED) is 0.0148. The van der Waals surface area contributed by atoms with E-state index in [1.165, 1.54) is 16.7 Å². The Morgan fingerprint density at radius 1 is 0.833 bits per heavy atom. The van der Waals surface area contributed by atoms with Crippen molar-refractivity contribution in [2.45, 2.75) is 69.9 Å². The first-order valence-corrected chi connectivity index (χ1v) is 25.8. The highest BCUT2D eigenvalue weighted by atomic mass is 32.1. The van der Waals surface area contributed by atoms with Crippen molar-refractivity contribution in [3.05, 3.63) is 140 Å². The number of allylic oxidation sites excluding steroid dienone is 1. The van der Waals surface area contributed by atoms with Crippen molar-refractivity contribution in [2.24, 2.45) is 5.73 Å². The lowest BCUT2D eigenvalue weighted by Crippen LogP contribution is -2.41. The SMILES string of the molecule is N=C(N)c1[nH]c(=O)n(Cc2ccc(CNC(=O)CCC(=O)NC(CCCCC3=CN(CCOCCOCCOCCNC(=S)Nc4ccc5c(c4)C4(OC5)c5ccc(O)cc5Oc5cc(O)ccc54)NN3)C(=O)O)cc2)c1N. The maximum Gasteiger partial charge on any atom is 0.328 e. The van der Waals surface area contributed by atoms with Gasteiger partial charge in [0.1, 0.15) is 46.4 Å². The van der Waals surface area contributed by atoms with Gasteiger partial charge in [0.25, 0.3) is 0 Å². The number of anilines is 2. The van der Waals surface area contributed by atoms with Crippen molar-refractivity contribution >= 4 is 52.5 Å². The van der Waals surface area contributed by atoms with E-state index >= 15 is 0 Å². The van der Waals surface area contributed by atoms with Gasteiger partial charge < -0.3 is 82.1 Å². The van der Waals surface area contributed by atoms with Crippen molar-refractivity contribution in [3.8, 4) is 23.0 Å². The first-order valence-electron chi connectivity index (χ1n) is 25.4. The number of H-pyrrole nitrogens is 1. The Balaban J connectivity index is 0.627. The van der Waals surface area contributed by atoms with Crippen molar-refractivity contribution in [1.29, 1.82) is 5.41 Å². The second kappa shape index (κ2) is 26.2. The molecule has 25 heteroatoms. The standard InChI is InChI=1S/C53H64N12O12S/c54-48(55)47-49(56)65(52(72)61-47)29-33-7-5-32(6-8-33)28-58-45(68)15-16-46(69)60-42(50(70)71)4-2-1-3-36-30-64(63-62-36)18-20-74-22-24-75-23-21-73-19-17-57-51(78)59-35-10-9-34-31-76-53(41(34)25-35)39-13-11-37(66)26-43(39)77-44-27-38(67)12-14-40(44)53/h5-14,25-27,30,42,62-63,66-67H,1-4,15-24,28-29,31,56H2,(H3,54,55)(H,58,68)(H,60,69)(H,61,72)(H,70,71)(H2,57,59,78). The Kier molecular flexibility index (Phi) is 18.8. The van der Waals surface area contributed by atoms with Crippen molar-refractivity contribution in [2.75, 3.05) is 63.8 Å². The van der Waals surface area contributed by atoms with Crippen molar-refractivity contribution in [1.82, 2.24) is 41.5 Å². The van der Waals surface area contributed by atoms with Gasteiger partial charge >= 0.3 is 11.7 Å². The molecule has 1 spiro atoms. The summed E-state index contributed by atoms with van der Waals surface area (Å²) in [4.78, 5) is 51.7. The maximum atomic E-state index is 12.6. The summed E-state index contributed by atoms with van der Waals surface area (Å²) in [5, 5.41) is 51.7. The molecule has 0 saturated heterocycles. The predicted molar refractivity (Wildman–Crippen MR) is 290 cm³/mol. The van der Waals surface area contributed by atoms with E-state index in [1.807, 2.05) is 29.4 Å². The number of nitrogens with one attached hydrogen (secondary N) is 8. The number of fused-ring (bicyclic) bond motifs is 6. The lowest BCUT2D eigenvalue weighted by molar-refractivity contribution is -0.142. The molecule has 15 N–H and O–H groups in total. The number of carbonyl (C=O) groups is 3. The molecule has 4 heterocycles. The van der Waals surface area contributed by atoms with Crippen LogP contribution < -0.4 is 54.1 Å². The molecule has 3 aliphatic rings. The van der Waals surface area contributed by atoms with Crippen molar-refractivity contribution in [3.63, 3.8) is 0 Å². The number of aromatic hydroxyl groups is 2. The van der Waals surface area contributed by atoms with Gasteiger partial charge in [-0.1, -0.05) is 36.8 Å². The van der Waals surface area contributed by atoms with Gasteiger partial charge in [-0.25, -0.2) is 9.59 Å². The van der Waals surface area contributed by atoms with Gasteiger partial charge in [0, 0.05) is 72.3 Å². The lowest BCUT2D eigenvalue weighted by Gasteiger charge is -2.37. The number of amides is 2. The number of aromatic nitrogens is 2. The molecule has 1 atom stereocenters. The molecule has 0 aliphatic carbocycles. The predicted octanol–water partition coefficient (Wildman–Crippen LogP) is 3.16. The van der Waals surface area contributed by atoms with Gasteiger partial charge in [0.2, 0.25) is 11.8 Å². The minimum atomic E-state index is -1.15. The summed E-state index contributed by atoms with van der Waals surface area (Å²) in [6.45, 7) is 4.21. The van der Waals surface area contributed by atoms with E-state index in [0.29, 0.717) is 95.2 Å². The average molecular weight is 1090 g/mol. The molecule has 24 nitrogen and oxygen atoms in total. The fraction of sp³-hybridized carbons (Fsp3) is 0.358. The third kappa shape index (κ3) is 14.2. The van der Waals surface area contributed by atoms with Crippen LogP contribution in [-0.2, 0) is 58.6 Å². The summed E-state index contributed by atoms with van der Waals surface area (Å²) in [7, 11) is 0. The zero-order valence-electron chi connectivity index (χ0n) is 42.7. The van der Waals surface area contributed by atoms with Crippen LogP contribution in [0, 0.1) is 5.41 Å². The van der Waals surface area contributed by atoms with Gasteiger partial charge in [-0.2, -0.15) is 0 Å². The highest BCUT2D eigenvalue weighted by Crippen LogP contribution is 2.57. The Bertz CT molecular complexity index is 3020. The van der Waals surface area contributed by atoms with Crippen LogP contribution in [0.5, 0.6) is 23.0 Å². The minimum absolute atomic E-state index is 0.0504. The second-order valence-corrected chi connectivity index (χ2v) is 19.0. The van der Waals surface area contributed by atoms with Gasteiger partial charge in [0.05, 0.1) is 59.3 Å². The molecule has 5 aromatic rings. The lowest BCUT2D eigenvalue weighted by atomic mass is 9.77. The molecule has 0 fully saturated rings. The van der Waals surface area contributed by atoms with Crippen LogP contribution in [0.4, 0.5) is 11.5 Å². The van der Waals surface area contributed by atoms with Crippen LogP contribution in [-0.4, -0.2) is 117 Å². The van der Waals surface area contributed by atoms with E-state index in [9.17, 15) is 34.5 Å². The summed E-state index contributed by atoms with van der Waals surface area (Å²) in [5.74, 6) is -1.35. The summed E-state index contributed by atoms with van der Waals surface area (Å²) in [6.07, 6.45) is 3.74. The van der Waals surface area contributed by atoms with E-state index in [1.54, 1.807) is 48.5 Å². The molecule has 4 aromatic carbocycles. The number of thiocarbonyl (C=S) groups is 1. The van der Waals surface area contributed by atoms with Gasteiger partial charge in [-0.3, -0.25) is 24.6 Å². The number of carboxylic acid groups (broad SMARTS) is 1. The van der Waals surface area contributed by atoms with Crippen molar-refractivity contribution < 1.29 is 53.4 Å². The monoisotopic (exact) mass is 1090 g/mol. The minimum Gasteiger partial charge on any atom is -0.508 e. The number of hydrazine groups is 2. The third-order valence-corrected chi connectivity index (χ3v) is 13.3. The van der Waals surface area contributed by atoms with E-state index in [2.05, 4.69) is 37.2 Å². The van der Waals surface area contributed by atoms with Crippen LogP contribution >= 0.6 is 12.2 Å². The normalized spacial score (nSPS) is 14.1. The first-order chi connectivity index (χ1) is 37.7. The van der Waals surface area contributed by atoms with Crippen LogP contribution in [0.25, 0.3) is 0 Å². The zero-order chi connectivity index (χ0) is 55.2. The number of ether oxygens (including phenoxy) is 5. The number of hydrogen-bond acceptors (Lipinski definition) is 17. The number of rotatable bonds is 28. The molecule has 414 valence electrons. The molecular formula is C53H64N12O12S. The van der Waals surface area contributed by atoms with Crippen LogP contribution in [0.1, 0.15) is 77.6 Å². The molecule has 8 rings (SSSR count). The Morgan fingerprint density at radius 3 is 2.18 bits per heavy atom. The van der Waals surface area contributed by atoms with E-state index < -0.39 is 29.2 Å². The summed E-state index contributed by atoms with van der Waals surface area (Å²) < 4.78 is 31.0. The third-order valence-electron chi connectivity index (χ3n) is 13.1. The molecule has 78 heavy (non-hydrogen) atoms. The fourth-order valence-corrected chi connectivity index (χ4v) is 9.33. The Morgan fingerprint density at radius 2 is 1.50 bits per heavy atom. The molecule has 1 unspecified atom stereocenters. The molecule has 0 radical (unpaired) electrons. The van der Waals surface area contributed by atoms with E-state index in [-0.39, 0.29) is 67.1 Å². The number of hydrogen-bond donors (Lipinski definition) is 13. The molecule has 1 aromatic heterocycles. The number of phenols is 2. The number of nitrogens with two attached hydrogens (primary N) is 2. The number of unbranched alkanes of at least 4 members (excludes halogenated alkanes) is 1. The highest BCUT2D eigenvalue weighted by Gasteiger charge is 2.50. The number of carbonyl (C=O) groups excluding carboxylic acids is 2. The number of aliphatic carboxylic acids is 1. The smallest absolute Gasteiger partial charge is 0.328 e. The van der Waals surface area contributed by atoms with Gasteiger partial charge in [0.15, 0.2) is 10.7 Å². The molecule has 3 aliphatic heterocycles. The highest BCUT2D eigenvalue weighted by molar-refractivity contribution is 7.80. The second-order valence-electron chi connectivity index (χ2n) is 18.6. The van der Waals surface area contributed by atoms with Gasteiger partial charge in [-0.05, 0) is 84.6 Å². The molecule has 2 amide bonds. The number of nitrogens with zero attached hydrogens (tertiary/aromatic N) is 2. The van der Waals surface area contributed by atoms with Crippen LogP contribution in [0.15, 0.2) is 95.6 Å². The number of imidazole rings is 1. The number of benzene rings is 4. The fourth-order valence-electron chi connectivity index (χ4n) is 9.11. The zero-order valence-corrected chi connectivity index (χ0v) is 43.5. The average Bonchev–Trinajstić information content (AvgIpc) is 4.18. The first kappa shape index (κ1) is 56.0. The molecule has 0 saturated carbocycles. The van der Waals surface area contributed by atoms with Crippen LogP contribution in [0.3, 0.4) is 0 Å². The maximum absolute atomic E-state index is 12.6. The van der Waals surface area contributed by atoms with E-state index in [0.717, 1.165) is 44.8 Å². The summed E-state index contributed by atoms with van der Waals surface area (Å²) in [5.41, 5.74) is 22.7. The Labute approximate surface area is 453 Å².